The number of thiophene rings is 1. The minimum atomic E-state index is 0.828. The lowest BCUT2D eigenvalue weighted by Gasteiger charge is -2.14. The molecule has 13 rings (SSSR count). The summed E-state index contributed by atoms with van der Waals surface area (Å²) in [5.41, 5.74) is 9.44. The molecule has 5 heteroatoms. The van der Waals surface area contributed by atoms with Gasteiger partial charge in [0.05, 0.1) is 33.1 Å². The Kier molecular flexibility index (Phi) is 6.29. The first-order chi connectivity index (χ1) is 28.2. The highest BCUT2D eigenvalue weighted by atomic mass is 32.1. The van der Waals surface area contributed by atoms with Crippen molar-refractivity contribution in [3.8, 4) is 22.8 Å². The Balaban J connectivity index is 1.06. The van der Waals surface area contributed by atoms with Crippen LogP contribution in [0.4, 0.5) is 0 Å². The van der Waals surface area contributed by atoms with Gasteiger partial charge < -0.3 is 4.57 Å². The molecule has 0 saturated carbocycles. The SMILES string of the molecule is c1ccc2c(c1)ccc1c2c2ccccc2n1-c1ccc2cc3c(cc2c1)c1ccccc1n3-c1nc2ccccc2nc1-c1ccc2c(c1)sc1ccccc12. The Labute approximate surface area is 330 Å². The molecule has 4 heterocycles. The van der Waals surface area contributed by atoms with Crippen LogP contribution in [0.1, 0.15) is 0 Å². The first-order valence-electron chi connectivity index (χ1n) is 19.3. The molecule has 0 unspecified atom stereocenters. The van der Waals surface area contributed by atoms with E-state index in [0.717, 1.165) is 44.8 Å². The van der Waals surface area contributed by atoms with Crippen LogP contribution in [0.15, 0.2) is 182 Å². The number of aromatic nitrogens is 4. The molecule has 0 aliphatic rings. The zero-order valence-electron chi connectivity index (χ0n) is 30.5. The van der Waals surface area contributed by atoms with E-state index >= 15 is 0 Å². The molecule has 4 nitrogen and oxygen atoms in total. The van der Waals surface area contributed by atoms with Gasteiger partial charge in [0.25, 0.3) is 0 Å². The van der Waals surface area contributed by atoms with E-state index in [-0.39, 0.29) is 0 Å². The van der Waals surface area contributed by atoms with Crippen molar-refractivity contribution in [2.24, 2.45) is 0 Å². The third kappa shape index (κ3) is 4.43. The summed E-state index contributed by atoms with van der Waals surface area (Å²) in [6.45, 7) is 0. The predicted octanol–water partition coefficient (Wildman–Crippen LogP) is 14.2. The first kappa shape index (κ1) is 30.9. The lowest BCUT2D eigenvalue weighted by molar-refractivity contribution is 1.08. The minimum Gasteiger partial charge on any atom is -0.309 e. The summed E-state index contributed by atoms with van der Waals surface area (Å²) >= 11 is 1.83. The van der Waals surface area contributed by atoms with Crippen molar-refractivity contribution in [3.05, 3.63) is 182 Å². The maximum Gasteiger partial charge on any atom is 0.165 e. The van der Waals surface area contributed by atoms with Crippen molar-refractivity contribution < 1.29 is 0 Å². The van der Waals surface area contributed by atoms with E-state index in [0.29, 0.717) is 0 Å². The van der Waals surface area contributed by atoms with Crippen LogP contribution >= 0.6 is 11.3 Å². The van der Waals surface area contributed by atoms with Gasteiger partial charge in [-0.3, -0.25) is 4.57 Å². The normalized spacial score (nSPS) is 12.2. The highest BCUT2D eigenvalue weighted by molar-refractivity contribution is 7.25. The number of fused-ring (bicyclic) bond motifs is 13. The molecule has 0 spiro atoms. The highest BCUT2D eigenvalue weighted by Crippen LogP contribution is 2.42. The van der Waals surface area contributed by atoms with E-state index in [1.54, 1.807) is 0 Å². The van der Waals surface area contributed by atoms with Crippen LogP contribution in [0.2, 0.25) is 0 Å². The van der Waals surface area contributed by atoms with Gasteiger partial charge in [-0.05, 0) is 88.3 Å². The lowest BCUT2D eigenvalue weighted by Crippen LogP contribution is -2.03. The molecule has 0 aliphatic heterocycles. The van der Waals surface area contributed by atoms with Gasteiger partial charge in [0, 0.05) is 53.0 Å². The van der Waals surface area contributed by atoms with Crippen LogP contribution in [0.3, 0.4) is 0 Å². The van der Waals surface area contributed by atoms with Crippen molar-refractivity contribution in [2.75, 3.05) is 0 Å². The predicted molar refractivity (Wildman–Crippen MR) is 242 cm³/mol. The third-order valence-corrected chi connectivity index (χ3v) is 13.0. The largest absolute Gasteiger partial charge is 0.309 e. The number of hydrogen-bond acceptors (Lipinski definition) is 3. The Hall–Kier alpha value is -7.34. The number of nitrogens with zero attached hydrogens (tertiary/aromatic N) is 4. The lowest BCUT2D eigenvalue weighted by atomic mass is 10.0. The van der Waals surface area contributed by atoms with E-state index in [4.69, 9.17) is 9.97 Å². The number of para-hydroxylation sites is 4. The van der Waals surface area contributed by atoms with Crippen LogP contribution < -0.4 is 0 Å². The molecule has 0 saturated heterocycles. The molecular weight excluding hydrogens is 713 g/mol. The summed E-state index contributed by atoms with van der Waals surface area (Å²) in [6, 6.07) is 65.9. The molecule has 0 amide bonds. The van der Waals surface area contributed by atoms with Crippen molar-refractivity contribution in [1.29, 1.82) is 0 Å². The van der Waals surface area contributed by atoms with E-state index in [9.17, 15) is 0 Å². The Morgan fingerprint density at radius 3 is 1.93 bits per heavy atom. The monoisotopic (exact) mass is 742 g/mol. The van der Waals surface area contributed by atoms with Gasteiger partial charge >= 0.3 is 0 Å². The summed E-state index contributed by atoms with van der Waals surface area (Å²) in [5, 5.41) is 12.4. The molecule has 0 fully saturated rings. The molecule has 9 aromatic carbocycles. The maximum absolute atomic E-state index is 5.43. The smallest absolute Gasteiger partial charge is 0.165 e. The van der Waals surface area contributed by atoms with Crippen LogP contribution in [-0.2, 0) is 0 Å². The van der Waals surface area contributed by atoms with Crippen LogP contribution in [-0.4, -0.2) is 19.1 Å². The van der Waals surface area contributed by atoms with E-state index in [2.05, 4.69) is 179 Å². The highest BCUT2D eigenvalue weighted by Gasteiger charge is 2.21. The average Bonchev–Trinajstić information content (AvgIpc) is 3.92. The summed E-state index contributed by atoms with van der Waals surface area (Å²) in [4.78, 5) is 10.8. The van der Waals surface area contributed by atoms with Gasteiger partial charge in [-0.1, -0.05) is 115 Å². The second kappa shape index (κ2) is 11.6. The van der Waals surface area contributed by atoms with Gasteiger partial charge in [-0.2, -0.15) is 0 Å². The van der Waals surface area contributed by atoms with Crippen LogP contribution in [0.5, 0.6) is 0 Å². The van der Waals surface area contributed by atoms with Gasteiger partial charge in [-0.25, -0.2) is 9.97 Å². The first-order valence-corrected chi connectivity index (χ1v) is 20.1. The van der Waals surface area contributed by atoms with Crippen LogP contribution in [0.25, 0.3) is 119 Å². The Morgan fingerprint density at radius 2 is 1.05 bits per heavy atom. The van der Waals surface area contributed by atoms with Gasteiger partial charge in [-0.15, -0.1) is 11.3 Å². The number of hydrogen-bond donors (Lipinski definition) is 0. The second-order valence-corrected chi connectivity index (χ2v) is 16.1. The summed E-state index contributed by atoms with van der Waals surface area (Å²) in [6.07, 6.45) is 0. The molecule has 0 radical (unpaired) electrons. The zero-order chi connectivity index (χ0) is 37.2. The number of benzene rings is 9. The maximum atomic E-state index is 5.43. The molecule has 0 bridgehead atoms. The molecule has 0 N–H and O–H groups in total. The van der Waals surface area contributed by atoms with E-state index < -0.39 is 0 Å². The third-order valence-electron chi connectivity index (χ3n) is 11.9. The molecule has 0 atom stereocenters. The van der Waals surface area contributed by atoms with Gasteiger partial charge in [0.15, 0.2) is 5.82 Å². The molecule has 13 aromatic rings. The summed E-state index contributed by atoms with van der Waals surface area (Å²) in [5.74, 6) is 0.828. The summed E-state index contributed by atoms with van der Waals surface area (Å²) in [7, 11) is 0. The topological polar surface area (TPSA) is 35.6 Å². The molecule has 264 valence electrons. The van der Waals surface area contributed by atoms with Crippen molar-refractivity contribution in [1.82, 2.24) is 19.1 Å². The van der Waals surface area contributed by atoms with Gasteiger partial charge in [0.1, 0.15) is 5.69 Å². The Bertz CT molecular complexity index is 3830. The fourth-order valence-corrected chi connectivity index (χ4v) is 10.4. The molecular formula is C52H30N4S. The van der Waals surface area contributed by atoms with Crippen molar-refractivity contribution in [2.45, 2.75) is 0 Å². The Morgan fingerprint density at radius 1 is 0.368 bits per heavy atom. The standard InChI is InChI=1S/C52H30N4S/c1-2-12-36-31(11-1)23-26-46-50(36)40-15-4-9-19-45(40)55(46)35-24-21-32-29-47-41(28-34(32)27-35)37-13-3-8-18-44(37)56(47)52-51(53-42-16-6-7-17-43(42)54-52)33-22-25-39-38-14-5-10-20-48(38)57-49(39)30-33/h1-30H. The average molecular weight is 743 g/mol. The second-order valence-electron chi connectivity index (χ2n) is 15.0. The molecule has 0 aliphatic carbocycles. The van der Waals surface area contributed by atoms with Crippen molar-refractivity contribution in [3.63, 3.8) is 0 Å². The van der Waals surface area contributed by atoms with Crippen molar-refractivity contribution >= 4 is 108 Å². The quantitative estimate of drug-likeness (QED) is 0.181. The number of rotatable bonds is 3. The van der Waals surface area contributed by atoms with Gasteiger partial charge in [0.2, 0.25) is 0 Å². The fraction of sp³-hybridized carbons (Fsp3) is 0. The van der Waals surface area contributed by atoms with E-state index in [1.807, 2.05) is 23.5 Å². The van der Waals surface area contributed by atoms with Crippen LogP contribution in [0, 0.1) is 0 Å². The van der Waals surface area contributed by atoms with E-state index in [1.165, 1.54) is 74.3 Å². The fourth-order valence-electron chi connectivity index (χ4n) is 9.30. The molecule has 57 heavy (non-hydrogen) atoms. The summed E-state index contributed by atoms with van der Waals surface area (Å²) < 4.78 is 7.29. The minimum absolute atomic E-state index is 0.828. The molecule has 4 aromatic heterocycles. The zero-order valence-corrected chi connectivity index (χ0v) is 31.3.